The Morgan fingerprint density at radius 2 is 1.81 bits per heavy atom. The molecule has 9 heteroatoms. The van der Waals surface area contributed by atoms with Gasteiger partial charge >= 0.3 is 5.97 Å². The molecule has 4 heterocycles. The number of nitrogens with zero attached hydrogens (tertiary/aromatic N) is 3. The maximum absolute atomic E-state index is 13.0. The van der Waals surface area contributed by atoms with Crippen molar-refractivity contribution in [1.82, 2.24) is 14.4 Å². The molecule has 8 nitrogen and oxygen atoms in total. The summed E-state index contributed by atoms with van der Waals surface area (Å²) in [4.78, 5) is 15.1. The molecule has 4 rings (SSSR count). The Labute approximate surface area is 159 Å². The van der Waals surface area contributed by atoms with Crippen molar-refractivity contribution < 1.29 is 22.5 Å². The number of rotatable bonds is 4. The van der Waals surface area contributed by atoms with Crippen LogP contribution in [0.3, 0.4) is 0 Å². The zero-order valence-corrected chi connectivity index (χ0v) is 16.8. The van der Waals surface area contributed by atoms with Gasteiger partial charge in [-0.3, -0.25) is 9.69 Å². The lowest BCUT2D eigenvalue weighted by Crippen LogP contribution is -2.45. The van der Waals surface area contributed by atoms with Crippen molar-refractivity contribution in [3.8, 4) is 0 Å². The lowest BCUT2D eigenvalue weighted by atomic mass is 9.76. The number of aromatic nitrogens is 1. The number of sulfonamides is 1. The Morgan fingerprint density at radius 1 is 1.15 bits per heavy atom. The minimum absolute atomic E-state index is 0.0682. The lowest BCUT2D eigenvalue weighted by molar-refractivity contribution is -0.150. The van der Waals surface area contributed by atoms with E-state index >= 15 is 0 Å². The van der Waals surface area contributed by atoms with Crippen LogP contribution in [-0.2, 0) is 19.6 Å². The van der Waals surface area contributed by atoms with Crippen LogP contribution in [0.5, 0.6) is 0 Å². The smallest absolute Gasteiger partial charge is 0.312 e. The Morgan fingerprint density at radius 3 is 2.41 bits per heavy atom. The Kier molecular flexibility index (Phi) is 4.80. The van der Waals surface area contributed by atoms with E-state index in [2.05, 4.69) is 10.1 Å². The number of esters is 1. The van der Waals surface area contributed by atoms with E-state index < -0.39 is 15.4 Å². The molecule has 0 amide bonds. The van der Waals surface area contributed by atoms with E-state index in [4.69, 9.17) is 9.26 Å². The number of hydrogen-bond donors (Lipinski definition) is 0. The summed E-state index contributed by atoms with van der Waals surface area (Å²) in [5.74, 6) is 0.153. The molecule has 0 radical (unpaired) electrons. The first-order valence-electron chi connectivity index (χ1n) is 9.68. The van der Waals surface area contributed by atoms with Crippen molar-refractivity contribution in [3.63, 3.8) is 0 Å². The van der Waals surface area contributed by atoms with Crippen LogP contribution in [0.15, 0.2) is 9.42 Å². The van der Waals surface area contributed by atoms with E-state index in [1.165, 1.54) is 17.1 Å². The molecule has 1 atom stereocenters. The Bertz CT molecular complexity index is 801. The Hall–Kier alpha value is -1.45. The van der Waals surface area contributed by atoms with Crippen LogP contribution in [-0.4, -0.2) is 67.6 Å². The molecule has 3 saturated heterocycles. The van der Waals surface area contributed by atoms with Gasteiger partial charge in [0.2, 0.25) is 10.0 Å². The average molecular weight is 397 g/mol. The SMILES string of the molecule is Cc1noc(C)c1S(=O)(=O)N1CCC2(CC1)CC(CN1CCCC1)OC2=O. The molecule has 3 fully saturated rings. The number of carbonyl (C=O) groups is 1. The van der Waals surface area contributed by atoms with Crippen molar-refractivity contribution in [1.29, 1.82) is 0 Å². The van der Waals surface area contributed by atoms with E-state index in [0.29, 0.717) is 43.8 Å². The molecule has 150 valence electrons. The van der Waals surface area contributed by atoms with Crippen molar-refractivity contribution in [2.45, 2.75) is 57.0 Å². The van der Waals surface area contributed by atoms with E-state index in [0.717, 1.165) is 19.6 Å². The second kappa shape index (κ2) is 6.86. The van der Waals surface area contributed by atoms with Crippen LogP contribution in [0, 0.1) is 19.3 Å². The largest absolute Gasteiger partial charge is 0.461 e. The zero-order valence-electron chi connectivity index (χ0n) is 15.9. The number of carbonyl (C=O) groups excluding carboxylic acids is 1. The molecule has 1 unspecified atom stereocenters. The molecule has 0 aliphatic carbocycles. The quantitative estimate of drug-likeness (QED) is 0.710. The second-order valence-corrected chi connectivity index (χ2v) is 9.95. The molecule has 0 bridgehead atoms. The van der Waals surface area contributed by atoms with Gasteiger partial charge < -0.3 is 9.26 Å². The van der Waals surface area contributed by atoms with Crippen molar-refractivity contribution in [2.24, 2.45) is 5.41 Å². The van der Waals surface area contributed by atoms with E-state index in [-0.39, 0.29) is 17.0 Å². The highest BCUT2D eigenvalue weighted by Crippen LogP contribution is 2.44. The van der Waals surface area contributed by atoms with Crippen molar-refractivity contribution in [2.75, 3.05) is 32.7 Å². The van der Waals surface area contributed by atoms with Crippen LogP contribution < -0.4 is 0 Å². The summed E-state index contributed by atoms with van der Waals surface area (Å²) in [7, 11) is -3.66. The lowest BCUT2D eigenvalue weighted by Gasteiger charge is -2.35. The topological polar surface area (TPSA) is 93.0 Å². The number of likely N-dealkylation sites (tertiary alicyclic amines) is 1. The standard InChI is InChI=1S/C18H27N3O5S/c1-13-16(14(2)26-19-13)27(23,24)21-9-5-18(6-10-21)11-15(25-17(18)22)12-20-7-3-4-8-20/h15H,3-12H2,1-2H3. The third-order valence-corrected chi connectivity index (χ3v) is 8.37. The predicted octanol–water partition coefficient (Wildman–Crippen LogP) is 1.47. The molecule has 1 aromatic heterocycles. The van der Waals surface area contributed by atoms with Gasteiger partial charge in [-0.05, 0) is 52.6 Å². The highest BCUT2D eigenvalue weighted by Gasteiger charge is 2.52. The molecule has 0 aromatic carbocycles. The van der Waals surface area contributed by atoms with Gasteiger partial charge in [0.25, 0.3) is 0 Å². The second-order valence-electron chi connectivity index (χ2n) is 8.08. The van der Waals surface area contributed by atoms with Crippen LogP contribution in [0.2, 0.25) is 0 Å². The highest BCUT2D eigenvalue weighted by atomic mass is 32.2. The first-order chi connectivity index (χ1) is 12.8. The molecule has 27 heavy (non-hydrogen) atoms. The van der Waals surface area contributed by atoms with Gasteiger partial charge in [-0.15, -0.1) is 0 Å². The summed E-state index contributed by atoms with van der Waals surface area (Å²) in [6.45, 7) is 6.82. The summed E-state index contributed by atoms with van der Waals surface area (Å²) in [5.41, 5.74) is -0.159. The molecule has 0 saturated carbocycles. The van der Waals surface area contributed by atoms with E-state index in [1.807, 2.05) is 0 Å². The summed E-state index contributed by atoms with van der Waals surface area (Å²) in [6.07, 6.45) is 4.05. The van der Waals surface area contributed by atoms with Crippen LogP contribution in [0.4, 0.5) is 0 Å². The molecule has 1 spiro atoms. The van der Waals surface area contributed by atoms with Gasteiger partial charge in [-0.1, -0.05) is 5.16 Å². The monoisotopic (exact) mass is 397 g/mol. The van der Waals surface area contributed by atoms with E-state index in [9.17, 15) is 13.2 Å². The minimum Gasteiger partial charge on any atom is -0.461 e. The summed E-state index contributed by atoms with van der Waals surface area (Å²) >= 11 is 0. The molecule has 1 aromatic rings. The third-order valence-electron chi connectivity index (χ3n) is 6.23. The molecular formula is C18H27N3O5S. The molecular weight excluding hydrogens is 370 g/mol. The fourth-order valence-electron chi connectivity index (χ4n) is 4.73. The van der Waals surface area contributed by atoms with Crippen LogP contribution >= 0.6 is 0 Å². The average Bonchev–Trinajstić information content (AvgIpc) is 3.31. The highest BCUT2D eigenvalue weighted by molar-refractivity contribution is 7.89. The number of piperidine rings is 1. The van der Waals surface area contributed by atoms with Gasteiger partial charge in [0.15, 0.2) is 5.76 Å². The maximum Gasteiger partial charge on any atom is 0.312 e. The molecule has 3 aliphatic rings. The number of aryl methyl sites for hydroxylation is 2. The minimum atomic E-state index is -3.66. The number of cyclic esters (lactones) is 1. The first kappa shape index (κ1) is 18.9. The maximum atomic E-state index is 13.0. The third kappa shape index (κ3) is 3.30. The van der Waals surface area contributed by atoms with Crippen LogP contribution in [0.1, 0.15) is 43.6 Å². The van der Waals surface area contributed by atoms with Crippen LogP contribution in [0.25, 0.3) is 0 Å². The number of hydrogen-bond acceptors (Lipinski definition) is 7. The summed E-state index contributed by atoms with van der Waals surface area (Å²) < 4.78 is 38.1. The van der Waals surface area contributed by atoms with Crippen molar-refractivity contribution >= 4 is 16.0 Å². The zero-order chi connectivity index (χ0) is 19.2. The summed E-state index contributed by atoms with van der Waals surface area (Å²) in [6, 6.07) is 0. The van der Waals surface area contributed by atoms with Gasteiger partial charge in [0.1, 0.15) is 16.7 Å². The fourth-order valence-corrected chi connectivity index (χ4v) is 6.46. The fraction of sp³-hybridized carbons (Fsp3) is 0.778. The molecule has 0 N–H and O–H groups in total. The normalized spacial score (nSPS) is 26.7. The summed E-state index contributed by atoms with van der Waals surface area (Å²) in [5, 5.41) is 3.76. The van der Waals surface area contributed by atoms with Gasteiger partial charge in [0, 0.05) is 26.1 Å². The number of ether oxygens (including phenoxy) is 1. The predicted molar refractivity (Wildman–Crippen MR) is 96.6 cm³/mol. The van der Waals surface area contributed by atoms with Gasteiger partial charge in [-0.25, -0.2) is 8.42 Å². The molecule has 3 aliphatic heterocycles. The van der Waals surface area contributed by atoms with E-state index in [1.54, 1.807) is 13.8 Å². The van der Waals surface area contributed by atoms with Gasteiger partial charge in [-0.2, -0.15) is 4.31 Å². The van der Waals surface area contributed by atoms with Crippen molar-refractivity contribution in [3.05, 3.63) is 11.5 Å². The Balaban J connectivity index is 1.43. The first-order valence-corrected chi connectivity index (χ1v) is 11.1. The van der Waals surface area contributed by atoms with Gasteiger partial charge in [0.05, 0.1) is 5.41 Å².